The zero-order chi connectivity index (χ0) is 18.8. The molecule has 2 unspecified atom stereocenters. The molecule has 1 aromatic carbocycles. The van der Waals surface area contributed by atoms with Crippen molar-refractivity contribution in [2.24, 2.45) is 5.92 Å². The topological polar surface area (TPSA) is 88.3 Å². The number of hydrogen-bond acceptors (Lipinski definition) is 4. The highest BCUT2D eigenvalue weighted by Gasteiger charge is 2.37. The van der Waals surface area contributed by atoms with Crippen LogP contribution in [-0.2, 0) is 29.1 Å². The van der Waals surface area contributed by atoms with Gasteiger partial charge in [0.1, 0.15) is 17.7 Å². The van der Waals surface area contributed by atoms with Gasteiger partial charge in [0.05, 0.1) is 13.1 Å². The summed E-state index contributed by atoms with van der Waals surface area (Å²) >= 11 is 0. The van der Waals surface area contributed by atoms with Gasteiger partial charge in [0.2, 0.25) is 5.91 Å². The molecule has 1 aromatic heterocycles. The molecule has 7 nitrogen and oxygen atoms in total. The highest BCUT2D eigenvalue weighted by molar-refractivity contribution is 5.85. The van der Waals surface area contributed by atoms with E-state index in [2.05, 4.69) is 10.2 Å². The number of carboxylic acids is 1. The Hall–Kier alpha value is -2.77. The minimum atomic E-state index is -1.06. The predicted octanol–water partition coefficient (Wildman–Crippen LogP) is 1.79. The van der Waals surface area contributed by atoms with E-state index in [1.807, 2.05) is 0 Å². The van der Waals surface area contributed by atoms with Crippen molar-refractivity contribution in [2.75, 3.05) is 0 Å². The lowest BCUT2D eigenvalue weighted by atomic mass is 9.98. The van der Waals surface area contributed by atoms with E-state index >= 15 is 0 Å². The van der Waals surface area contributed by atoms with Crippen LogP contribution in [0.1, 0.15) is 30.6 Å². The highest BCUT2D eigenvalue weighted by Crippen LogP contribution is 2.22. The van der Waals surface area contributed by atoms with Crippen LogP contribution in [0.2, 0.25) is 0 Å². The van der Waals surface area contributed by atoms with Crippen LogP contribution in [0.4, 0.5) is 4.39 Å². The van der Waals surface area contributed by atoms with Gasteiger partial charge in [-0.05, 0) is 31.4 Å². The fourth-order valence-electron chi connectivity index (χ4n) is 3.24. The number of aromatic nitrogens is 3. The van der Waals surface area contributed by atoms with E-state index in [0.29, 0.717) is 30.1 Å². The number of aryl methyl sites for hydroxylation is 2. The molecule has 0 saturated heterocycles. The van der Waals surface area contributed by atoms with Gasteiger partial charge in [-0.2, -0.15) is 0 Å². The van der Waals surface area contributed by atoms with Crippen LogP contribution >= 0.6 is 0 Å². The highest BCUT2D eigenvalue weighted by atomic mass is 19.1. The summed E-state index contributed by atoms with van der Waals surface area (Å²) in [6, 6.07) is 5.50. The minimum Gasteiger partial charge on any atom is -0.480 e. The first-order chi connectivity index (χ1) is 12.4. The van der Waals surface area contributed by atoms with Crippen molar-refractivity contribution >= 4 is 11.9 Å². The number of carbonyl (C=O) groups excluding carboxylic acids is 1. The summed E-state index contributed by atoms with van der Waals surface area (Å²) in [5.41, 5.74) is 0.552. The maximum Gasteiger partial charge on any atom is 0.328 e. The molecule has 0 radical (unpaired) electrons. The third kappa shape index (κ3) is 3.44. The van der Waals surface area contributed by atoms with Gasteiger partial charge in [0.25, 0.3) is 0 Å². The summed E-state index contributed by atoms with van der Waals surface area (Å²) in [5.74, 6) is -0.830. The Morgan fingerprint density at radius 1 is 1.35 bits per heavy atom. The minimum absolute atomic E-state index is 0.112. The van der Waals surface area contributed by atoms with Gasteiger partial charge in [-0.25, -0.2) is 9.18 Å². The van der Waals surface area contributed by atoms with E-state index in [9.17, 15) is 19.1 Å². The van der Waals surface area contributed by atoms with Crippen molar-refractivity contribution in [1.82, 2.24) is 19.7 Å². The Balaban J connectivity index is 1.72. The fourth-order valence-corrected chi connectivity index (χ4v) is 3.24. The van der Waals surface area contributed by atoms with Gasteiger partial charge in [0, 0.05) is 5.92 Å². The number of carboxylic acid groups (broad SMARTS) is 1. The maximum absolute atomic E-state index is 13.7. The second-order valence-electron chi connectivity index (χ2n) is 6.63. The molecule has 138 valence electrons. The maximum atomic E-state index is 13.7. The van der Waals surface area contributed by atoms with E-state index in [-0.39, 0.29) is 24.8 Å². The first-order valence-electron chi connectivity index (χ1n) is 8.54. The molecule has 1 amide bonds. The zero-order valence-corrected chi connectivity index (χ0v) is 14.7. The smallest absolute Gasteiger partial charge is 0.328 e. The Morgan fingerprint density at radius 2 is 2.08 bits per heavy atom. The van der Waals surface area contributed by atoms with Crippen molar-refractivity contribution < 1.29 is 19.1 Å². The van der Waals surface area contributed by atoms with Gasteiger partial charge < -0.3 is 14.6 Å². The Labute approximate surface area is 150 Å². The monoisotopic (exact) mass is 360 g/mol. The lowest BCUT2D eigenvalue weighted by molar-refractivity contribution is -0.154. The second-order valence-corrected chi connectivity index (χ2v) is 6.63. The first kappa shape index (κ1) is 18.0. The molecule has 0 spiro atoms. The van der Waals surface area contributed by atoms with Crippen molar-refractivity contribution in [3.05, 3.63) is 47.3 Å². The van der Waals surface area contributed by atoms with Crippen LogP contribution in [-0.4, -0.2) is 42.7 Å². The molecule has 1 N–H and O–H groups in total. The van der Waals surface area contributed by atoms with E-state index in [0.717, 1.165) is 0 Å². The lowest BCUT2D eigenvalue weighted by Gasteiger charge is -2.35. The lowest BCUT2D eigenvalue weighted by Crippen LogP contribution is -2.52. The molecule has 2 aromatic rings. The van der Waals surface area contributed by atoms with Gasteiger partial charge in [-0.1, -0.05) is 25.1 Å². The summed E-state index contributed by atoms with van der Waals surface area (Å²) in [4.78, 5) is 25.9. The summed E-state index contributed by atoms with van der Waals surface area (Å²) in [6.45, 7) is 3.74. The molecule has 8 heteroatoms. The summed E-state index contributed by atoms with van der Waals surface area (Å²) < 4.78 is 15.5. The van der Waals surface area contributed by atoms with Crippen LogP contribution in [0.15, 0.2) is 24.3 Å². The number of benzene rings is 1. The number of aliphatic carboxylic acids is 1. The third-order valence-electron chi connectivity index (χ3n) is 4.85. The number of amides is 1. The molecule has 1 aliphatic rings. The van der Waals surface area contributed by atoms with Crippen LogP contribution in [0.5, 0.6) is 0 Å². The molecule has 0 aliphatic carbocycles. The largest absolute Gasteiger partial charge is 0.480 e. The van der Waals surface area contributed by atoms with Crippen LogP contribution in [0, 0.1) is 18.7 Å². The number of fused-ring (bicyclic) bond motifs is 1. The average molecular weight is 360 g/mol. The zero-order valence-electron chi connectivity index (χ0n) is 14.7. The first-order valence-corrected chi connectivity index (χ1v) is 8.54. The van der Waals surface area contributed by atoms with Crippen LogP contribution in [0.25, 0.3) is 0 Å². The number of hydrogen-bond donors (Lipinski definition) is 1. The van der Waals surface area contributed by atoms with Crippen molar-refractivity contribution in [1.29, 1.82) is 0 Å². The normalized spacial score (nSPS) is 17.7. The van der Waals surface area contributed by atoms with Crippen molar-refractivity contribution in [2.45, 2.75) is 45.8 Å². The third-order valence-corrected chi connectivity index (χ3v) is 4.85. The number of halogens is 1. The van der Waals surface area contributed by atoms with E-state index in [1.165, 1.54) is 11.0 Å². The standard InChI is InChI=1S/C18H21FN4O3/c1-11(7-8-13-5-3-4-6-14(13)19)17(24)23-10-16-21-20-12(2)22(16)9-15(23)18(25)26/h3-6,11,15H,7-10H2,1-2H3,(H,25,26). The fraction of sp³-hybridized carbons (Fsp3) is 0.444. The van der Waals surface area contributed by atoms with E-state index < -0.39 is 17.9 Å². The molecular weight excluding hydrogens is 339 g/mol. The molecule has 0 fully saturated rings. The number of rotatable bonds is 5. The SMILES string of the molecule is Cc1nnc2n1CC(C(=O)O)N(C(=O)C(C)CCc1ccccc1F)C2. The Bertz CT molecular complexity index is 836. The van der Waals surface area contributed by atoms with Crippen molar-refractivity contribution in [3.8, 4) is 0 Å². The summed E-state index contributed by atoms with van der Waals surface area (Å²) in [5, 5.41) is 17.5. The average Bonchev–Trinajstić information content (AvgIpc) is 2.99. The van der Waals surface area contributed by atoms with E-state index in [4.69, 9.17) is 0 Å². The summed E-state index contributed by atoms with van der Waals surface area (Å²) in [6.07, 6.45) is 0.856. The molecular formula is C18H21FN4O3. The predicted molar refractivity (Wildman–Crippen MR) is 90.6 cm³/mol. The van der Waals surface area contributed by atoms with Gasteiger partial charge in [0.15, 0.2) is 5.82 Å². The molecule has 2 atom stereocenters. The van der Waals surface area contributed by atoms with Gasteiger partial charge in [-0.3, -0.25) is 4.79 Å². The van der Waals surface area contributed by atoms with Crippen LogP contribution in [0.3, 0.4) is 0 Å². The Kier molecular flexibility index (Phi) is 5.01. The number of carbonyl (C=O) groups is 2. The Morgan fingerprint density at radius 3 is 2.77 bits per heavy atom. The second kappa shape index (κ2) is 7.23. The molecule has 2 heterocycles. The summed E-state index contributed by atoms with van der Waals surface area (Å²) in [7, 11) is 0. The van der Waals surface area contributed by atoms with Gasteiger partial charge >= 0.3 is 5.97 Å². The molecule has 0 saturated carbocycles. The molecule has 3 rings (SSSR count). The molecule has 0 bridgehead atoms. The quantitative estimate of drug-likeness (QED) is 0.878. The van der Waals surface area contributed by atoms with E-state index in [1.54, 1.807) is 36.6 Å². The molecule has 1 aliphatic heterocycles. The van der Waals surface area contributed by atoms with Gasteiger partial charge in [-0.15, -0.1) is 10.2 Å². The number of nitrogens with zero attached hydrogens (tertiary/aromatic N) is 4. The van der Waals surface area contributed by atoms with Crippen LogP contribution < -0.4 is 0 Å². The molecule has 26 heavy (non-hydrogen) atoms. The van der Waals surface area contributed by atoms with Crippen molar-refractivity contribution in [3.63, 3.8) is 0 Å².